The third kappa shape index (κ3) is 1.85. The van der Waals surface area contributed by atoms with Gasteiger partial charge in [-0.3, -0.25) is 0 Å². The third-order valence-corrected chi connectivity index (χ3v) is 5.35. The Kier molecular flexibility index (Phi) is 2.69. The Morgan fingerprint density at radius 1 is 0.833 bits per heavy atom. The van der Waals surface area contributed by atoms with E-state index < -0.39 is 23.9 Å². The summed E-state index contributed by atoms with van der Waals surface area (Å²) in [5.74, 6) is -1.61. The van der Waals surface area contributed by atoms with Crippen LogP contribution in [0.15, 0.2) is 0 Å². The first kappa shape index (κ1) is 12.7. The molecular weight excluding hydrogens is 251 g/mol. The van der Waals surface area contributed by atoms with Gasteiger partial charge in [-0.25, -0.2) is 8.78 Å². The molecule has 4 aliphatic carbocycles. The second-order valence-corrected chi connectivity index (χ2v) is 6.63. The number of alkyl halides is 5. The van der Waals surface area contributed by atoms with Crippen molar-refractivity contribution in [2.45, 2.75) is 51.1 Å². The van der Waals surface area contributed by atoms with Gasteiger partial charge in [0.15, 0.2) is 0 Å². The molecule has 0 N–H and O–H groups in total. The van der Waals surface area contributed by atoms with E-state index in [0.717, 1.165) is 19.3 Å². The Labute approximate surface area is 103 Å². The fourth-order valence-electron chi connectivity index (χ4n) is 5.32. The van der Waals surface area contributed by atoms with Crippen molar-refractivity contribution in [3.05, 3.63) is 0 Å². The van der Waals surface area contributed by atoms with Gasteiger partial charge >= 0.3 is 6.18 Å². The van der Waals surface area contributed by atoms with Crippen LogP contribution in [0.25, 0.3) is 0 Å². The van der Waals surface area contributed by atoms with Gasteiger partial charge in [-0.1, -0.05) is 0 Å². The lowest BCUT2D eigenvalue weighted by Gasteiger charge is -2.59. The van der Waals surface area contributed by atoms with Gasteiger partial charge in [0.1, 0.15) is 5.92 Å². The van der Waals surface area contributed by atoms with Crippen molar-refractivity contribution in [3.63, 3.8) is 0 Å². The van der Waals surface area contributed by atoms with Crippen molar-refractivity contribution >= 4 is 0 Å². The second kappa shape index (κ2) is 3.83. The van der Waals surface area contributed by atoms with Crippen molar-refractivity contribution in [3.8, 4) is 0 Å². The van der Waals surface area contributed by atoms with Gasteiger partial charge in [0.05, 0.1) is 0 Å². The molecule has 5 heteroatoms. The van der Waals surface area contributed by atoms with Crippen LogP contribution in [0.2, 0.25) is 0 Å². The van der Waals surface area contributed by atoms with E-state index in [9.17, 15) is 22.0 Å². The minimum Gasteiger partial charge on any atom is -0.210 e. The lowest BCUT2D eigenvalue weighted by molar-refractivity contribution is -0.267. The van der Waals surface area contributed by atoms with Crippen molar-refractivity contribution in [1.29, 1.82) is 0 Å². The molecule has 4 rings (SSSR count). The molecule has 0 radical (unpaired) electrons. The molecule has 4 saturated carbocycles. The average Bonchev–Trinajstić information content (AvgIpc) is 2.09. The number of rotatable bonds is 2. The van der Waals surface area contributed by atoms with E-state index in [4.69, 9.17) is 0 Å². The first-order chi connectivity index (χ1) is 8.30. The summed E-state index contributed by atoms with van der Waals surface area (Å²) in [6.07, 6.45) is -4.04. The summed E-state index contributed by atoms with van der Waals surface area (Å²) in [5.41, 5.74) is -1.15. The van der Waals surface area contributed by atoms with E-state index in [-0.39, 0.29) is 17.8 Å². The van der Waals surface area contributed by atoms with Crippen LogP contribution >= 0.6 is 0 Å². The molecule has 4 bridgehead atoms. The monoisotopic (exact) mass is 268 g/mol. The van der Waals surface area contributed by atoms with Crippen molar-refractivity contribution in [2.24, 2.45) is 29.1 Å². The minimum absolute atomic E-state index is 0.264. The SMILES string of the molecule is FC(F)C(C(F)(F)F)C12CC3CC(CC(C3)C1)C2. The summed E-state index contributed by atoms with van der Waals surface area (Å²) in [5, 5.41) is 0. The van der Waals surface area contributed by atoms with Gasteiger partial charge in [-0.2, -0.15) is 13.2 Å². The molecule has 1 unspecified atom stereocenters. The molecule has 18 heavy (non-hydrogen) atoms. The van der Waals surface area contributed by atoms with Crippen molar-refractivity contribution in [1.82, 2.24) is 0 Å². The normalized spacial score (nSPS) is 44.7. The van der Waals surface area contributed by atoms with Crippen LogP contribution in [0.4, 0.5) is 22.0 Å². The maximum absolute atomic E-state index is 13.0. The van der Waals surface area contributed by atoms with E-state index in [1.807, 2.05) is 0 Å². The molecule has 0 amide bonds. The lowest BCUT2D eigenvalue weighted by atomic mass is 9.46. The molecule has 0 spiro atoms. The number of hydrogen-bond donors (Lipinski definition) is 0. The Hall–Kier alpha value is -0.350. The predicted octanol–water partition coefficient (Wildman–Crippen LogP) is 4.65. The van der Waals surface area contributed by atoms with Crippen LogP contribution in [0.5, 0.6) is 0 Å². The van der Waals surface area contributed by atoms with Crippen LogP contribution in [0.3, 0.4) is 0 Å². The van der Waals surface area contributed by atoms with Gasteiger partial charge in [-0.05, 0) is 61.7 Å². The molecule has 104 valence electrons. The van der Waals surface area contributed by atoms with E-state index in [1.165, 1.54) is 0 Å². The van der Waals surface area contributed by atoms with Crippen molar-refractivity contribution in [2.75, 3.05) is 0 Å². The average molecular weight is 268 g/mol. The van der Waals surface area contributed by atoms with Gasteiger partial charge in [0.2, 0.25) is 0 Å². The molecule has 0 aliphatic heterocycles. The summed E-state index contributed by atoms with van der Waals surface area (Å²) in [6.45, 7) is 0. The highest BCUT2D eigenvalue weighted by Crippen LogP contribution is 2.65. The molecule has 4 fully saturated rings. The molecule has 0 aromatic carbocycles. The zero-order valence-corrected chi connectivity index (χ0v) is 10.0. The highest BCUT2D eigenvalue weighted by molar-refractivity contribution is 5.05. The zero-order valence-electron chi connectivity index (χ0n) is 10.0. The number of halogens is 5. The molecule has 1 atom stereocenters. The molecule has 4 aliphatic rings. The van der Waals surface area contributed by atoms with Crippen LogP contribution in [-0.2, 0) is 0 Å². The Bertz CT molecular complexity index is 297. The summed E-state index contributed by atoms with van der Waals surface area (Å²) in [6, 6.07) is 0. The minimum atomic E-state index is -4.76. The maximum atomic E-state index is 13.0. The standard InChI is InChI=1S/C13H17F5/c14-11(15)10(13(16,17)18)12-4-7-1-8(5-12)3-9(2-7)6-12/h7-11H,1-6H2. The fraction of sp³-hybridized carbons (Fsp3) is 1.00. The molecule has 0 aromatic heterocycles. The molecule has 0 aromatic rings. The zero-order chi connectivity index (χ0) is 13.1. The summed E-state index contributed by atoms with van der Waals surface area (Å²) >= 11 is 0. The highest BCUT2D eigenvalue weighted by Gasteiger charge is 2.63. The van der Waals surface area contributed by atoms with E-state index >= 15 is 0 Å². The van der Waals surface area contributed by atoms with Crippen LogP contribution in [0.1, 0.15) is 38.5 Å². The van der Waals surface area contributed by atoms with Gasteiger partial charge in [-0.15, -0.1) is 0 Å². The Balaban J connectivity index is 1.94. The predicted molar refractivity (Wildman–Crippen MR) is 56.2 cm³/mol. The van der Waals surface area contributed by atoms with Crippen LogP contribution in [0, 0.1) is 29.1 Å². The van der Waals surface area contributed by atoms with Crippen LogP contribution in [-0.4, -0.2) is 12.6 Å². The highest BCUT2D eigenvalue weighted by atomic mass is 19.4. The van der Waals surface area contributed by atoms with Crippen LogP contribution < -0.4 is 0 Å². The largest absolute Gasteiger partial charge is 0.397 e. The Morgan fingerprint density at radius 2 is 1.22 bits per heavy atom. The first-order valence-corrected chi connectivity index (χ1v) is 6.65. The van der Waals surface area contributed by atoms with Gasteiger partial charge in [0.25, 0.3) is 6.43 Å². The van der Waals surface area contributed by atoms with E-state index in [2.05, 4.69) is 0 Å². The maximum Gasteiger partial charge on any atom is 0.397 e. The molecule has 0 saturated heterocycles. The third-order valence-electron chi connectivity index (χ3n) is 5.35. The molecular formula is C13H17F5. The first-order valence-electron chi connectivity index (χ1n) is 6.65. The van der Waals surface area contributed by atoms with Crippen molar-refractivity contribution < 1.29 is 22.0 Å². The molecule has 0 heterocycles. The quantitative estimate of drug-likeness (QED) is 0.640. The lowest BCUT2D eigenvalue weighted by Crippen LogP contribution is -2.55. The second-order valence-electron chi connectivity index (χ2n) is 6.63. The summed E-state index contributed by atoms with van der Waals surface area (Å²) in [7, 11) is 0. The van der Waals surface area contributed by atoms with Gasteiger partial charge in [0, 0.05) is 0 Å². The topological polar surface area (TPSA) is 0 Å². The van der Waals surface area contributed by atoms with Gasteiger partial charge < -0.3 is 0 Å². The summed E-state index contributed by atoms with van der Waals surface area (Å²) < 4.78 is 65.0. The summed E-state index contributed by atoms with van der Waals surface area (Å²) in [4.78, 5) is 0. The number of hydrogen-bond acceptors (Lipinski definition) is 0. The smallest absolute Gasteiger partial charge is 0.210 e. The fourth-order valence-corrected chi connectivity index (χ4v) is 5.32. The molecule has 0 nitrogen and oxygen atoms in total. The van der Waals surface area contributed by atoms with E-state index in [1.54, 1.807) is 0 Å². The Morgan fingerprint density at radius 3 is 1.50 bits per heavy atom. The van der Waals surface area contributed by atoms with E-state index in [0.29, 0.717) is 19.3 Å².